The van der Waals surface area contributed by atoms with Crippen LogP contribution in [0.1, 0.15) is 30.0 Å². The highest BCUT2D eigenvalue weighted by Crippen LogP contribution is 2.34. The first-order valence-electron chi connectivity index (χ1n) is 10.1. The van der Waals surface area contributed by atoms with Gasteiger partial charge in [0.1, 0.15) is 0 Å². The number of rotatable bonds is 7. The topological polar surface area (TPSA) is 63.9 Å². The first-order chi connectivity index (χ1) is 14.7. The third kappa shape index (κ3) is 4.16. The van der Waals surface area contributed by atoms with Crippen LogP contribution >= 0.6 is 11.8 Å². The molecule has 0 aliphatic heterocycles. The largest absolute Gasteiger partial charge is 0.338 e. The molecule has 1 aromatic carbocycles. The van der Waals surface area contributed by atoms with Crippen LogP contribution in [-0.2, 0) is 17.8 Å². The van der Waals surface area contributed by atoms with Gasteiger partial charge >= 0.3 is 0 Å². The van der Waals surface area contributed by atoms with Crippen LogP contribution in [0.25, 0.3) is 11.4 Å². The number of amides is 1. The second-order valence-electron chi connectivity index (χ2n) is 7.34. The summed E-state index contributed by atoms with van der Waals surface area (Å²) in [4.78, 5) is 18.9. The Morgan fingerprint density at radius 2 is 2.07 bits per heavy atom. The van der Waals surface area contributed by atoms with Gasteiger partial charge in [0.05, 0.1) is 11.8 Å². The molecule has 3 aromatic rings. The third-order valence-electron chi connectivity index (χ3n) is 5.49. The van der Waals surface area contributed by atoms with Gasteiger partial charge in [-0.15, -0.1) is 16.8 Å². The molecule has 7 heteroatoms. The molecule has 6 nitrogen and oxygen atoms in total. The maximum Gasteiger partial charge on any atom is 0.233 e. The average molecular weight is 420 g/mol. The standard InChI is InChI=1S/C23H25N5OS/c1-3-15-28-22(18-11-13-24-14-12-18)25-26-23(28)30-16-21(29)27(2)20-10-6-8-17-7-4-5-9-19(17)20/h3-5,7,9,11-14,20H,1,6,8,10,15-16H2,2H3. The van der Waals surface area contributed by atoms with E-state index in [0.717, 1.165) is 30.7 Å². The minimum absolute atomic E-state index is 0.0975. The highest BCUT2D eigenvalue weighted by Gasteiger charge is 2.27. The lowest BCUT2D eigenvalue weighted by Gasteiger charge is -2.33. The zero-order valence-electron chi connectivity index (χ0n) is 17.1. The number of hydrogen-bond donors (Lipinski definition) is 0. The van der Waals surface area contributed by atoms with E-state index in [1.165, 1.54) is 22.9 Å². The van der Waals surface area contributed by atoms with Gasteiger partial charge in [0.2, 0.25) is 5.91 Å². The quantitative estimate of drug-likeness (QED) is 0.425. The minimum Gasteiger partial charge on any atom is -0.338 e. The van der Waals surface area contributed by atoms with Crippen LogP contribution < -0.4 is 0 Å². The molecular weight excluding hydrogens is 394 g/mol. The SMILES string of the molecule is C=CCn1c(SCC(=O)N(C)C2CCCc3ccccc32)nnc1-c1ccncc1. The van der Waals surface area contributed by atoms with Crippen molar-refractivity contribution in [3.8, 4) is 11.4 Å². The molecule has 1 aliphatic carbocycles. The number of carbonyl (C=O) groups is 1. The van der Waals surface area contributed by atoms with Crippen molar-refractivity contribution in [2.45, 2.75) is 37.0 Å². The van der Waals surface area contributed by atoms with Crippen LogP contribution in [0.2, 0.25) is 0 Å². The Bertz CT molecular complexity index is 1030. The highest BCUT2D eigenvalue weighted by molar-refractivity contribution is 7.99. The van der Waals surface area contributed by atoms with E-state index in [2.05, 4.69) is 46.0 Å². The molecule has 2 aromatic heterocycles. The molecule has 0 saturated heterocycles. The monoisotopic (exact) mass is 419 g/mol. The van der Waals surface area contributed by atoms with E-state index in [-0.39, 0.29) is 11.9 Å². The summed E-state index contributed by atoms with van der Waals surface area (Å²) in [6.45, 7) is 4.42. The van der Waals surface area contributed by atoms with Crippen molar-refractivity contribution < 1.29 is 4.79 Å². The number of aromatic nitrogens is 4. The van der Waals surface area contributed by atoms with Gasteiger partial charge in [0.15, 0.2) is 11.0 Å². The van der Waals surface area contributed by atoms with E-state index in [1.54, 1.807) is 12.4 Å². The summed E-state index contributed by atoms with van der Waals surface area (Å²) in [7, 11) is 1.91. The molecule has 1 aliphatic rings. The molecule has 0 bridgehead atoms. The van der Waals surface area contributed by atoms with Crippen LogP contribution in [0.3, 0.4) is 0 Å². The van der Waals surface area contributed by atoms with E-state index in [4.69, 9.17) is 0 Å². The molecule has 154 valence electrons. The lowest BCUT2D eigenvalue weighted by Crippen LogP contribution is -2.34. The van der Waals surface area contributed by atoms with Crippen molar-refractivity contribution in [2.24, 2.45) is 0 Å². The fourth-order valence-corrected chi connectivity index (χ4v) is 4.81. The predicted molar refractivity (Wildman–Crippen MR) is 119 cm³/mol. The van der Waals surface area contributed by atoms with E-state index < -0.39 is 0 Å². The Labute approximate surface area is 181 Å². The van der Waals surface area contributed by atoms with E-state index >= 15 is 0 Å². The fraction of sp³-hybridized carbons (Fsp3) is 0.304. The number of nitrogens with zero attached hydrogens (tertiary/aromatic N) is 5. The molecular formula is C23H25N5OS. The number of allylic oxidation sites excluding steroid dienone is 1. The van der Waals surface area contributed by atoms with Gasteiger partial charge in [0.25, 0.3) is 0 Å². The first-order valence-corrected chi connectivity index (χ1v) is 11.1. The first kappa shape index (κ1) is 20.3. The van der Waals surface area contributed by atoms with Crippen LogP contribution in [0, 0.1) is 0 Å². The van der Waals surface area contributed by atoms with Crippen molar-refractivity contribution in [1.29, 1.82) is 0 Å². The second-order valence-corrected chi connectivity index (χ2v) is 8.28. The normalized spacial score (nSPS) is 15.4. The van der Waals surface area contributed by atoms with Gasteiger partial charge in [-0.25, -0.2) is 0 Å². The smallest absolute Gasteiger partial charge is 0.233 e. The number of hydrogen-bond acceptors (Lipinski definition) is 5. The summed E-state index contributed by atoms with van der Waals surface area (Å²) in [5.41, 5.74) is 3.57. The third-order valence-corrected chi connectivity index (χ3v) is 6.44. The van der Waals surface area contributed by atoms with Gasteiger partial charge < -0.3 is 4.90 Å². The number of carbonyl (C=O) groups excluding carboxylic acids is 1. The van der Waals surface area contributed by atoms with Gasteiger partial charge in [-0.3, -0.25) is 14.3 Å². The van der Waals surface area contributed by atoms with Gasteiger partial charge in [-0.2, -0.15) is 0 Å². The zero-order chi connectivity index (χ0) is 20.9. The van der Waals surface area contributed by atoms with Crippen molar-refractivity contribution >= 4 is 17.7 Å². The molecule has 4 rings (SSSR count). The summed E-state index contributed by atoms with van der Waals surface area (Å²) in [5.74, 6) is 1.17. The van der Waals surface area contributed by atoms with Gasteiger partial charge in [-0.05, 0) is 42.5 Å². The lowest BCUT2D eigenvalue weighted by atomic mass is 9.87. The minimum atomic E-state index is 0.0975. The van der Waals surface area contributed by atoms with Crippen molar-refractivity contribution in [1.82, 2.24) is 24.6 Å². The van der Waals surface area contributed by atoms with Crippen LogP contribution in [0.15, 0.2) is 66.6 Å². The Morgan fingerprint density at radius 3 is 2.87 bits per heavy atom. The average Bonchev–Trinajstić information content (AvgIpc) is 3.20. The fourth-order valence-electron chi connectivity index (χ4n) is 3.94. The highest BCUT2D eigenvalue weighted by atomic mass is 32.2. The van der Waals surface area contributed by atoms with E-state index in [0.29, 0.717) is 17.5 Å². The Kier molecular flexibility index (Phi) is 6.28. The molecule has 1 atom stereocenters. The van der Waals surface area contributed by atoms with Crippen LogP contribution in [0.4, 0.5) is 0 Å². The Morgan fingerprint density at radius 1 is 1.27 bits per heavy atom. The second kappa shape index (κ2) is 9.26. The summed E-state index contributed by atoms with van der Waals surface area (Å²) >= 11 is 1.42. The van der Waals surface area contributed by atoms with Gasteiger partial charge in [0, 0.05) is 31.5 Å². The molecule has 0 radical (unpaired) electrons. The molecule has 0 spiro atoms. The maximum absolute atomic E-state index is 13.0. The van der Waals surface area contributed by atoms with Crippen molar-refractivity contribution in [3.63, 3.8) is 0 Å². The van der Waals surface area contributed by atoms with Crippen molar-refractivity contribution in [3.05, 3.63) is 72.6 Å². The number of pyridine rings is 1. The summed E-state index contributed by atoms with van der Waals surface area (Å²) in [6.07, 6.45) is 8.47. The number of fused-ring (bicyclic) bond motifs is 1. The zero-order valence-corrected chi connectivity index (χ0v) is 17.9. The molecule has 30 heavy (non-hydrogen) atoms. The molecule has 1 unspecified atom stereocenters. The molecule has 0 N–H and O–H groups in total. The molecule has 2 heterocycles. The Balaban J connectivity index is 1.48. The van der Waals surface area contributed by atoms with Crippen LogP contribution in [-0.4, -0.2) is 43.4 Å². The Hall–Kier alpha value is -2.93. The number of benzene rings is 1. The summed E-state index contributed by atoms with van der Waals surface area (Å²) in [6, 6.07) is 12.4. The van der Waals surface area contributed by atoms with E-state index in [9.17, 15) is 4.79 Å². The summed E-state index contributed by atoms with van der Waals surface area (Å²) in [5, 5.41) is 9.38. The number of aryl methyl sites for hydroxylation is 1. The molecule has 0 saturated carbocycles. The maximum atomic E-state index is 13.0. The van der Waals surface area contributed by atoms with Crippen molar-refractivity contribution in [2.75, 3.05) is 12.8 Å². The molecule has 0 fully saturated rings. The van der Waals surface area contributed by atoms with Crippen LogP contribution in [0.5, 0.6) is 0 Å². The number of thioether (sulfide) groups is 1. The molecule has 1 amide bonds. The predicted octanol–water partition coefficient (Wildman–Crippen LogP) is 4.15. The summed E-state index contributed by atoms with van der Waals surface area (Å²) < 4.78 is 1.98. The lowest BCUT2D eigenvalue weighted by molar-refractivity contribution is -0.129. The van der Waals surface area contributed by atoms with Gasteiger partial charge in [-0.1, -0.05) is 42.1 Å². The van der Waals surface area contributed by atoms with E-state index in [1.807, 2.05) is 34.7 Å².